The minimum Gasteiger partial charge on any atom is -0.340 e. The van der Waals surface area contributed by atoms with E-state index in [2.05, 4.69) is 17.0 Å². The van der Waals surface area contributed by atoms with Gasteiger partial charge in [-0.2, -0.15) is 5.10 Å². The van der Waals surface area contributed by atoms with Gasteiger partial charge >= 0.3 is 0 Å². The van der Waals surface area contributed by atoms with E-state index in [-0.39, 0.29) is 18.3 Å². The quantitative estimate of drug-likeness (QED) is 0.814. The van der Waals surface area contributed by atoms with E-state index in [1.54, 1.807) is 23.7 Å². The zero-order valence-corrected chi connectivity index (χ0v) is 16.4. The Bertz CT molecular complexity index is 973. The monoisotopic (exact) mass is 380 g/mol. The van der Waals surface area contributed by atoms with Crippen LogP contribution in [0.2, 0.25) is 0 Å². The summed E-state index contributed by atoms with van der Waals surface area (Å²) in [5, 5.41) is 4.65. The van der Waals surface area contributed by atoms with Crippen LogP contribution in [-0.4, -0.2) is 46.4 Å². The Balaban J connectivity index is 1.49. The Morgan fingerprint density at radius 1 is 1.21 bits per heavy atom. The molecular weight excluding hydrogens is 355 g/mol. The van der Waals surface area contributed by atoms with Crippen molar-refractivity contribution >= 4 is 12.1 Å². The predicted octanol–water partition coefficient (Wildman–Crippen LogP) is 3.56. The Morgan fingerprint density at radius 2 is 2.04 bits per heavy atom. The molecule has 0 saturated carbocycles. The summed E-state index contributed by atoms with van der Waals surface area (Å²) in [6.07, 6.45) is 4.53. The van der Waals surface area contributed by atoms with Crippen LogP contribution in [0.4, 0.5) is 4.39 Å². The number of aliphatic imine (C=N–C) groups is 1. The van der Waals surface area contributed by atoms with Crippen molar-refractivity contribution in [1.29, 1.82) is 0 Å². The number of hydrogen-bond acceptors (Lipinski definition) is 3. The summed E-state index contributed by atoms with van der Waals surface area (Å²) in [5.74, 6) is -0.126. The minimum absolute atomic E-state index is 0.0951. The fourth-order valence-electron chi connectivity index (χ4n) is 3.88. The van der Waals surface area contributed by atoms with Crippen LogP contribution in [0.15, 0.2) is 40.4 Å². The molecular formula is C22H25FN4O. The molecule has 0 unspecified atom stereocenters. The minimum atomic E-state index is -0.221. The van der Waals surface area contributed by atoms with Crippen LogP contribution in [-0.2, 0) is 17.8 Å². The fourth-order valence-corrected chi connectivity index (χ4v) is 3.88. The van der Waals surface area contributed by atoms with Gasteiger partial charge in [0.15, 0.2) is 0 Å². The number of hydrogen-bond donors (Lipinski definition) is 0. The molecule has 2 aliphatic rings. The Hall–Kier alpha value is -2.76. The first-order valence-corrected chi connectivity index (χ1v) is 9.87. The zero-order valence-electron chi connectivity index (χ0n) is 16.4. The van der Waals surface area contributed by atoms with Gasteiger partial charge in [0.1, 0.15) is 12.4 Å². The molecule has 1 aromatic carbocycles. The molecule has 0 fully saturated rings. The van der Waals surface area contributed by atoms with Gasteiger partial charge in [0.25, 0.3) is 0 Å². The lowest BCUT2D eigenvalue weighted by Crippen LogP contribution is -2.35. The second-order valence-electron chi connectivity index (χ2n) is 7.48. The summed E-state index contributed by atoms with van der Waals surface area (Å²) in [6.45, 7) is 6.30. The first-order chi connectivity index (χ1) is 13.5. The van der Waals surface area contributed by atoms with Crippen LogP contribution in [0.5, 0.6) is 0 Å². The maximum atomic E-state index is 13.6. The molecule has 28 heavy (non-hydrogen) atoms. The van der Waals surface area contributed by atoms with Gasteiger partial charge in [-0.3, -0.25) is 14.5 Å². The summed E-state index contributed by atoms with van der Waals surface area (Å²) >= 11 is 0. The second-order valence-corrected chi connectivity index (χ2v) is 7.48. The number of aryl methyl sites for hydroxylation is 2. The van der Waals surface area contributed by atoms with Gasteiger partial charge < -0.3 is 4.90 Å². The topological polar surface area (TPSA) is 50.5 Å². The first-order valence-electron chi connectivity index (χ1n) is 9.87. The lowest BCUT2D eigenvalue weighted by molar-refractivity contribution is -0.132. The van der Waals surface area contributed by atoms with E-state index in [1.165, 1.54) is 17.2 Å². The third-order valence-corrected chi connectivity index (χ3v) is 5.63. The molecule has 6 heteroatoms. The van der Waals surface area contributed by atoms with Crippen molar-refractivity contribution in [3.8, 4) is 11.3 Å². The van der Waals surface area contributed by atoms with E-state index >= 15 is 0 Å². The Labute approximate surface area is 164 Å². The van der Waals surface area contributed by atoms with Crippen molar-refractivity contribution in [2.45, 2.75) is 39.7 Å². The van der Waals surface area contributed by atoms with Gasteiger partial charge in [0.2, 0.25) is 5.91 Å². The lowest BCUT2D eigenvalue weighted by atomic mass is 10.1. The fraction of sp³-hybridized carbons (Fsp3) is 0.409. The summed E-state index contributed by atoms with van der Waals surface area (Å²) in [6, 6.07) is 6.99. The van der Waals surface area contributed by atoms with Gasteiger partial charge in [0.05, 0.1) is 12.2 Å². The first kappa shape index (κ1) is 18.6. The number of rotatable bonds is 4. The molecule has 0 aliphatic carbocycles. The molecule has 4 rings (SSSR count). The second kappa shape index (κ2) is 7.70. The van der Waals surface area contributed by atoms with Crippen LogP contribution in [0.3, 0.4) is 0 Å². The van der Waals surface area contributed by atoms with Crippen LogP contribution in [0, 0.1) is 12.7 Å². The van der Waals surface area contributed by atoms with Crippen molar-refractivity contribution < 1.29 is 9.18 Å². The molecule has 3 heterocycles. The zero-order chi connectivity index (χ0) is 19.7. The summed E-state index contributed by atoms with van der Waals surface area (Å²) in [4.78, 5) is 19.2. The smallest absolute Gasteiger partial charge is 0.244 e. The third kappa shape index (κ3) is 3.63. The standard InChI is InChI=1S/C22H25FN4O/c1-3-19-11-21(16-4-5-20(23)15(2)10-16)25-27(19)14-22(28)26-8-6-17-12-24-13-18(17)7-9-26/h4-5,10-12H,3,6-9,13-14H2,1-2H3. The third-order valence-electron chi connectivity index (χ3n) is 5.63. The highest BCUT2D eigenvalue weighted by Crippen LogP contribution is 2.24. The van der Waals surface area contributed by atoms with Crippen LogP contribution >= 0.6 is 0 Å². The number of nitrogens with zero attached hydrogens (tertiary/aromatic N) is 4. The van der Waals surface area contributed by atoms with Crippen molar-refractivity contribution in [3.63, 3.8) is 0 Å². The highest BCUT2D eigenvalue weighted by Gasteiger charge is 2.22. The van der Waals surface area contributed by atoms with Crippen molar-refractivity contribution in [2.24, 2.45) is 4.99 Å². The molecule has 2 aliphatic heterocycles. The van der Waals surface area contributed by atoms with Gasteiger partial charge in [-0.25, -0.2) is 4.39 Å². The molecule has 146 valence electrons. The van der Waals surface area contributed by atoms with Gasteiger partial charge in [0, 0.05) is 30.6 Å². The number of halogens is 1. The van der Waals surface area contributed by atoms with Gasteiger partial charge in [-0.15, -0.1) is 0 Å². The Kier molecular flexibility index (Phi) is 5.11. The summed E-state index contributed by atoms with van der Waals surface area (Å²) in [5.41, 5.74) is 5.92. The summed E-state index contributed by atoms with van der Waals surface area (Å²) < 4.78 is 15.4. The van der Waals surface area contributed by atoms with E-state index in [4.69, 9.17) is 0 Å². The van der Waals surface area contributed by atoms with E-state index in [0.29, 0.717) is 5.56 Å². The largest absolute Gasteiger partial charge is 0.340 e. The highest BCUT2D eigenvalue weighted by atomic mass is 19.1. The maximum Gasteiger partial charge on any atom is 0.244 e. The Morgan fingerprint density at radius 3 is 2.82 bits per heavy atom. The van der Waals surface area contributed by atoms with Crippen molar-refractivity contribution in [2.75, 3.05) is 19.6 Å². The number of amides is 1. The normalized spacial score (nSPS) is 16.5. The van der Waals surface area contributed by atoms with Gasteiger partial charge in [-0.1, -0.05) is 6.92 Å². The number of aromatic nitrogens is 2. The molecule has 0 spiro atoms. The maximum absolute atomic E-state index is 13.6. The molecule has 5 nitrogen and oxygen atoms in total. The lowest BCUT2D eigenvalue weighted by Gasteiger charge is -2.21. The molecule has 1 amide bonds. The van der Waals surface area contributed by atoms with Crippen LogP contribution in [0.25, 0.3) is 11.3 Å². The van der Waals surface area contributed by atoms with E-state index in [1.807, 2.05) is 17.2 Å². The molecule has 0 bridgehead atoms. The van der Waals surface area contributed by atoms with Crippen molar-refractivity contribution in [3.05, 3.63) is 52.5 Å². The van der Waals surface area contributed by atoms with Crippen molar-refractivity contribution in [1.82, 2.24) is 14.7 Å². The molecule has 0 atom stereocenters. The van der Waals surface area contributed by atoms with E-state index in [9.17, 15) is 9.18 Å². The molecule has 1 aromatic heterocycles. The average Bonchev–Trinajstić information content (AvgIpc) is 3.25. The predicted molar refractivity (Wildman–Crippen MR) is 108 cm³/mol. The van der Waals surface area contributed by atoms with E-state index < -0.39 is 0 Å². The van der Waals surface area contributed by atoms with E-state index in [0.717, 1.165) is 55.8 Å². The number of carbonyl (C=O) groups is 1. The van der Waals surface area contributed by atoms with Crippen LogP contribution in [0.1, 0.15) is 31.0 Å². The molecule has 0 saturated heterocycles. The number of carbonyl (C=O) groups excluding carboxylic acids is 1. The van der Waals surface area contributed by atoms with Gasteiger partial charge in [-0.05, 0) is 67.2 Å². The average molecular weight is 380 g/mol. The SMILES string of the molecule is CCc1cc(-c2ccc(F)c(C)c2)nn1CC(=O)N1CCC2=C(CC1)CN=C2. The molecule has 2 aromatic rings. The highest BCUT2D eigenvalue weighted by molar-refractivity contribution is 5.83. The van der Waals surface area contributed by atoms with Crippen LogP contribution < -0.4 is 0 Å². The molecule has 0 radical (unpaired) electrons. The summed E-state index contributed by atoms with van der Waals surface area (Å²) in [7, 11) is 0. The number of benzene rings is 1. The molecule has 0 N–H and O–H groups in total.